The van der Waals surface area contributed by atoms with Gasteiger partial charge in [-0.1, -0.05) is 6.07 Å². The van der Waals surface area contributed by atoms with Crippen LogP contribution in [0.3, 0.4) is 0 Å². The number of halogens is 1. The third-order valence-corrected chi connectivity index (χ3v) is 2.54. The zero-order valence-electron chi connectivity index (χ0n) is 8.92. The normalized spacial score (nSPS) is 10.1. The Morgan fingerprint density at radius 3 is 2.72 bits per heavy atom. The summed E-state index contributed by atoms with van der Waals surface area (Å²) < 4.78 is 5.50. The summed E-state index contributed by atoms with van der Waals surface area (Å²) in [5, 5.41) is 13.1. The predicted octanol–water partition coefficient (Wildman–Crippen LogP) is 3.20. The summed E-state index contributed by atoms with van der Waals surface area (Å²) in [6.45, 7) is 0. The number of non-ortho nitro benzene ring substituents is 1. The van der Waals surface area contributed by atoms with E-state index in [1.54, 1.807) is 12.1 Å². The predicted molar refractivity (Wildman–Crippen MR) is 67.5 cm³/mol. The molecule has 1 amide bonds. The number of benzene rings is 1. The summed E-state index contributed by atoms with van der Waals surface area (Å²) in [5.41, 5.74) is 0.246. The average molecular weight is 311 g/mol. The number of nitro benzene ring substituents is 1. The van der Waals surface area contributed by atoms with Crippen molar-refractivity contribution in [1.82, 2.24) is 0 Å². The summed E-state index contributed by atoms with van der Waals surface area (Å²) in [6, 6.07) is 8.75. The molecule has 92 valence electrons. The molecule has 1 heterocycles. The lowest BCUT2D eigenvalue weighted by atomic mass is 10.2. The summed E-state index contributed by atoms with van der Waals surface area (Å²) in [7, 11) is 0. The summed E-state index contributed by atoms with van der Waals surface area (Å²) in [6.07, 6.45) is 0. The molecule has 0 aliphatic carbocycles. The molecule has 6 nitrogen and oxygen atoms in total. The van der Waals surface area contributed by atoms with Crippen LogP contribution in [0.4, 0.5) is 11.4 Å². The van der Waals surface area contributed by atoms with Crippen molar-refractivity contribution in [2.24, 2.45) is 0 Å². The number of nitrogens with zero attached hydrogens (tertiary/aromatic N) is 1. The van der Waals surface area contributed by atoms with Gasteiger partial charge in [0.05, 0.1) is 4.92 Å². The maximum Gasteiger partial charge on any atom is 0.291 e. The molecule has 0 spiro atoms. The highest BCUT2D eigenvalue weighted by Crippen LogP contribution is 2.19. The summed E-state index contributed by atoms with van der Waals surface area (Å²) >= 11 is 3.08. The van der Waals surface area contributed by atoms with Crippen LogP contribution in [-0.2, 0) is 0 Å². The Morgan fingerprint density at radius 2 is 2.11 bits per heavy atom. The minimum absolute atomic E-state index is 0.0894. The molecule has 0 saturated carbocycles. The SMILES string of the molecule is O=C(Nc1cccc([N+](=O)[O-])c1)c1ccc(Br)o1. The number of anilines is 1. The van der Waals surface area contributed by atoms with Crippen LogP contribution in [0.5, 0.6) is 0 Å². The minimum atomic E-state index is -0.529. The highest BCUT2D eigenvalue weighted by molar-refractivity contribution is 9.10. The number of furan rings is 1. The van der Waals surface area contributed by atoms with Crippen molar-refractivity contribution in [2.45, 2.75) is 0 Å². The molecule has 0 atom stereocenters. The van der Waals surface area contributed by atoms with Gasteiger partial charge in [-0.05, 0) is 34.1 Å². The fourth-order valence-electron chi connectivity index (χ4n) is 1.33. The van der Waals surface area contributed by atoms with E-state index >= 15 is 0 Å². The van der Waals surface area contributed by atoms with Gasteiger partial charge >= 0.3 is 0 Å². The van der Waals surface area contributed by atoms with Crippen LogP contribution in [0.2, 0.25) is 0 Å². The standard InChI is InChI=1S/C11H7BrN2O4/c12-10-5-4-9(18-10)11(15)13-7-2-1-3-8(6-7)14(16)17/h1-6H,(H,13,15). The van der Waals surface area contributed by atoms with Gasteiger partial charge in [-0.15, -0.1) is 0 Å². The highest BCUT2D eigenvalue weighted by Gasteiger charge is 2.12. The van der Waals surface area contributed by atoms with E-state index in [1.807, 2.05) is 0 Å². The van der Waals surface area contributed by atoms with Crippen LogP contribution in [0.25, 0.3) is 0 Å². The fourth-order valence-corrected chi connectivity index (χ4v) is 1.63. The lowest BCUT2D eigenvalue weighted by Crippen LogP contribution is -2.10. The van der Waals surface area contributed by atoms with Crippen molar-refractivity contribution >= 4 is 33.2 Å². The van der Waals surface area contributed by atoms with Gasteiger partial charge in [-0.2, -0.15) is 0 Å². The smallest absolute Gasteiger partial charge is 0.291 e. The van der Waals surface area contributed by atoms with E-state index < -0.39 is 10.8 Å². The Kier molecular flexibility index (Phi) is 3.42. The molecule has 0 bridgehead atoms. The molecule has 7 heteroatoms. The Labute approximate surface area is 110 Å². The van der Waals surface area contributed by atoms with Gasteiger partial charge in [0, 0.05) is 17.8 Å². The number of hydrogen-bond acceptors (Lipinski definition) is 4. The molecule has 0 fully saturated rings. The maximum atomic E-state index is 11.7. The summed E-state index contributed by atoms with van der Waals surface area (Å²) in [5.74, 6) is -0.352. The van der Waals surface area contributed by atoms with Gasteiger partial charge in [0.25, 0.3) is 11.6 Å². The second-order valence-electron chi connectivity index (χ2n) is 3.37. The number of nitro groups is 1. The quantitative estimate of drug-likeness (QED) is 0.696. The molecular formula is C11H7BrN2O4. The topological polar surface area (TPSA) is 85.4 Å². The van der Waals surface area contributed by atoms with Crippen molar-refractivity contribution in [3.63, 3.8) is 0 Å². The molecular weight excluding hydrogens is 304 g/mol. The zero-order chi connectivity index (χ0) is 13.1. The molecule has 2 rings (SSSR count). The molecule has 0 unspecified atom stereocenters. The number of hydrogen-bond donors (Lipinski definition) is 1. The van der Waals surface area contributed by atoms with E-state index in [1.165, 1.54) is 24.3 Å². The third-order valence-electron chi connectivity index (χ3n) is 2.11. The van der Waals surface area contributed by atoms with E-state index in [0.717, 1.165) is 0 Å². The first-order chi connectivity index (χ1) is 8.56. The van der Waals surface area contributed by atoms with E-state index in [2.05, 4.69) is 21.2 Å². The molecule has 1 aromatic carbocycles. The van der Waals surface area contributed by atoms with E-state index in [9.17, 15) is 14.9 Å². The first-order valence-corrected chi connectivity index (χ1v) is 5.67. The first-order valence-electron chi connectivity index (χ1n) is 4.87. The molecule has 1 aromatic heterocycles. The second-order valence-corrected chi connectivity index (χ2v) is 4.15. The average Bonchev–Trinajstić information content (AvgIpc) is 2.76. The second kappa shape index (κ2) is 5.01. The van der Waals surface area contributed by atoms with Crippen molar-refractivity contribution in [3.8, 4) is 0 Å². The fraction of sp³-hybridized carbons (Fsp3) is 0. The Morgan fingerprint density at radius 1 is 1.33 bits per heavy atom. The molecule has 0 aliphatic rings. The third kappa shape index (κ3) is 2.75. The maximum absolute atomic E-state index is 11.7. The molecule has 0 saturated heterocycles. The molecule has 18 heavy (non-hydrogen) atoms. The Bertz CT molecular complexity index is 609. The lowest BCUT2D eigenvalue weighted by Gasteiger charge is -2.02. The van der Waals surface area contributed by atoms with Gasteiger partial charge in [0.15, 0.2) is 10.4 Å². The minimum Gasteiger partial charge on any atom is -0.444 e. The molecule has 2 aromatic rings. The van der Waals surface area contributed by atoms with Crippen molar-refractivity contribution < 1.29 is 14.1 Å². The van der Waals surface area contributed by atoms with Gasteiger partial charge < -0.3 is 9.73 Å². The molecule has 0 radical (unpaired) electrons. The first kappa shape index (κ1) is 12.3. The van der Waals surface area contributed by atoms with Crippen LogP contribution in [0, 0.1) is 10.1 Å². The Balaban J connectivity index is 2.16. The summed E-state index contributed by atoms with van der Waals surface area (Å²) in [4.78, 5) is 21.8. The largest absolute Gasteiger partial charge is 0.444 e. The van der Waals surface area contributed by atoms with Crippen LogP contribution in [0.15, 0.2) is 45.5 Å². The van der Waals surface area contributed by atoms with E-state index in [4.69, 9.17) is 4.42 Å². The molecule has 0 aliphatic heterocycles. The highest BCUT2D eigenvalue weighted by atomic mass is 79.9. The van der Waals surface area contributed by atoms with Crippen LogP contribution in [0.1, 0.15) is 10.6 Å². The van der Waals surface area contributed by atoms with Gasteiger partial charge in [-0.25, -0.2) is 0 Å². The van der Waals surface area contributed by atoms with Gasteiger partial charge in [0.2, 0.25) is 0 Å². The van der Waals surface area contributed by atoms with E-state index in [-0.39, 0.29) is 11.4 Å². The van der Waals surface area contributed by atoms with E-state index in [0.29, 0.717) is 10.4 Å². The number of nitrogens with one attached hydrogen (secondary N) is 1. The van der Waals surface area contributed by atoms with Crippen LogP contribution in [-0.4, -0.2) is 10.8 Å². The van der Waals surface area contributed by atoms with Crippen molar-refractivity contribution in [3.05, 3.63) is 56.9 Å². The number of carbonyl (C=O) groups excluding carboxylic acids is 1. The van der Waals surface area contributed by atoms with Crippen LogP contribution >= 0.6 is 15.9 Å². The lowest BCUT2D eigenvalue weighted by molar-refractivity contribution is -0.384. The molecule has 1 N–H and O–H groups in total. The van der Waals surface area contributed by atoms with Crippen molar-refractivity contribution in [2.75, 3.05) is 5.32 Å². The number of amides is 1. The number of carbonyl (C=O) groups is 1. The zero-order valence-corrected chi connectivity index (χ0v) is 10.5. The number of rotatable bonds is 3. The van der Waals surface area contributed by atoms with Gasteiger partial charge in [0.1, 0.15) is 0 Å². The monoisotopic (exact) mass is 310 g/mol. The van der Waals surface area contributed by atoms with Gasteiger partial charge in [-0.3, -0.25) is 14.9 Å². The van der Waals surface area contributed by atoms with Crippen LogP contribution < -0.4 is 5.32 Å². The Hall–Kier alpha value is -2.15. The van der Waals surface area contributed by atoms with Crippen molar-refractivity contribution in [1.29, 1.82) is 0 Å².